The van der Waals surface area contributed by atoms with E-state index in [1.165, 1.54) is 6.07 Å². The van der Waals surface area contributed by atoms with E-state index in [4.69, 9.17) is 4.74 Å². The molecular weight excluding hydrogens is 281 g/mol. The molecule has 2 aromatic rings. The highest BCUT2D eigenvalue weighted by Gasteiger charge is 2.40. The summed E-state index contributed by atoms with van der Waals surface area (Å²) in [4.78, 5) is 0. The van der Waals surface area contributed by atoms with Crippen LogP contribution in [-0.4, -0.2) is 37.5 Å². The molecule has 1 aliphatic heterocycles. The molecule has 0 spiro atoms. The zero-order valence-electron chi connectivity index (χ0n) is 12.5. The third-order valence-electron chi connectivity index (χ3n) is 4.32. The van der Waals surface area contributed by atoms with Crippen molar-refractivity contribution in [3.05, 3.63) is 59.9 Å². The molecular formula is C18H20FNO2. The Morgan fingerprint density at radius 3 is 2.45 bits per heavy atom. The fourth-order valence-electron chi connectivity index (χ4n) is 3.19. The van der Waals surface area contributed by atoms with E-state index in [1.807, 2.05) is 30.3 Å². The Labute approximate surface area is 129 Å². The first kappa shape index (κ1) is 15.2. The number of rotatable bonds is 5. The van der Waals surface area contributed by atoms with Gasteiger partial charge in [-0.15, -0.1) is 0 Å². The number of nitrogens with one attached hydrogen (secondary N) is 1. The van der Waals surface area contributed by atoms with Crippen LogP contribution in [-0.2, 0) is 4.74 Å². The first-order chi connectivity index (χ1) is 10.7. The van der Waals surface area contributed by atoms with Gasteiger partial charge in [0, 0.05) is 30.7 Å². The van der Waals surface area contributed by atoms with E-state index in [0.717, 1.165) is 11.1 Å². The van der Waals surface area contributed by atoms with E-state index in [0.29, 0.717) is 12.2 Å². The van der Waals surface area contributed by atoms with Crippen LogP contribution in [0.1, 0.15) is 11.5 Å². The number of aliphatic hydroxyl groups is 1. The Balaban J connectivity index is 1.83. The van der Waals surface area contributed by atoms with Gasteiger partial charge in [0.15, 0.2) is 0 Å². The van der Waals surface area contributed by atoms with Crippen molar-refractivity contribution in [1.29, 1.82) is 0 Å². The molecule has 1 fully saturated rings. The molecule has 4 heteroatoms. The van der Waals surface area contributed by atoms with Crippen molar-refractivity contribution in [3.8, 4) is 11.1 Å². The van der Waals surface area contributed by atoms with Crippen LogP contribution in [0.3, 0.4) is 0 Å². The average Bonchev–Trinajstić information content (AvgIpc) is 2.52. The van der Waals surface area contributed by atoms with Gasteiger partial charge >= 0.3 is 0 Å². The minimum Gasteiger partial charge on any atom is -0.395 e. The molecule has 3 nitrogen and oxygen atoms in total. The van der Waals surface area contributed by atoms with Crippen LogP contribution in [0.4, 0.5) is 4.39 Å². The summed E-state index contributed by atoms with van der Waals surface area (Å²) in [6.07, 6.45) is 0. The Bertz CT molecular complexity index is 629. The number of benzene rings is 2. The largest absolute Gasteiger partial charge is 0.395 e. The van der Waals surface area contributed by atoms with E-state index < -0.39 is 0 Å². The summed E-state index contributed by atoms with van der Waals surface area (Å²) in [6, 6.07) is 14.9. The van der Waals surface area contributed by atoms with Gasteiger partial charge in [-0.25, -0.2) is 4.39 Å². The third-order valence-corrected chi connectivity index (χ3v) is 4.32. The van der Waals surface area contributed by atoms with E-state index in [9.17, 15) is 9.50 Å². The predicted octanol–water partition coefficient (Wildman–Crippen LogP) is 2.56. The summed E-state index contributed by atoms with van der Waals surface area (Å²) >= 11 is 0. The first-order valence-electron chi connectivity index (χ1n) is 7.45. The minimum atomic E-state index is -0.217. The van der Waals surface area contributed by atoms with Crippen LogP contribution < -0.4 is 5.32 Å². The van der Waals surface area contributed by atoms with Crippen molar-refractivity contribution in [2.45, 2.75) is 18.0 Å². The Morgan fingerprint density at radius 2 is 1.82 bits per heavy atom. The predicted molar refractivity (Wildman–Crippen MR) is 84.3 cm³/mol. The molecule has 0 bridgehead atoms. The van der Waals surface area contributed by atoms with Gasteiger partial charge in [0.1, 0.15) is 5.82 Å². The fourth-order valence-corrected chi connectivity index (χ4v) is 3.19. The lowest BCUT2D eigenvalue weighted by molar-refractivity contribution is 0.0654. The van der Waals surface area contributed by atoms with Gasteiger partial charge < -0.3 is 15.2 Å². The second kappa shape index (κ2) is 6.57. The van der Waals surface area contributed by atoms with Gasteiger partial charge in [-0.1, -0.05) is 42.5 Å². The zero-order chi connectivity index (χ0) is 15.5. The molecule has 1 heterocycles. The molecule has 2 aromatic carbocycles. The summed E-state index contributed by atoms with van der Waals surface area (Å²) in [5.41, 5.74) is 2.60. The zero-order valence-corrected chi connectivity index (χ0v) is 12.5. The average molecular weight is 301 g/mol. The maximum absolute atomic E-state index is 13.8. The quantitative estimate of drug-likeness (QED) is 0.892. The standard InChI is InChI=1S/C18H20FNO2/c1-22-11-17-18(16(10-21)20-17)13-8-6-12(7-9-13)14-4-2-3-5-15(14)19/h2-9,16-18,20-21H,10-11H2,1H3/t16-,17-,18+/m0/s1. The lowest BCUT2D eigenvalue weighted by Crippen LogP contribution is -2.62. The summed E-state index contributed by atoms with van der Waals surface area (Å²) in [7, 11) is 1.67. The number of aliphatic hydroxyl groups excluding tert-OH is 1. The highest BCUT2D eigenvalue weighted by atomic mass is 19.1. The van der Waals surface area contributed by atoms with Crippen LogP contribution in [0.25, 0.3) is 11.1 Å². The van der Waals surface area contributed by atoms with Crippen molar-refractivity contribution in [3.63, 3.8) is 0 Å². The van der Waals surface area contributed by atoms with Gasteiger partial charge in [-0.2, -0.15) is 0 Å². The van der Waals surface area contributed by atoms with E-state index in [1.54, 1.807) is 19.2 Å². The van der Waals surface area contributed by atoms with Gasteiger partial charge in [0.05, 0.1) is 13.2 Å². The van der Waals surface area contributed by atoms with Crippen LogP contribution in [0.15, 0.2) is 48.5 Å². The fraction of sp³-hybridized carbons (Fsp3) is 0.333. The van der Waals surface area contributed by atoms with Crippen molar-refractivity contribution < 1.29 is 14.2 Å². The SMILES string of the molecule is COC[C@@H]1N[C@@H](CO)[C@H]1c1ccc(-c2ccccc2F)cc1. The highest BCUT2D eigenvalue weighted by molar-refractivity contribution is 5.64. The molecule has 0 unspecified atom stereocenters. The molecule has 0 amide bonds. The molecule has 0 aromatic heterocycles. The smallest absolute Gasteiger partial charge is 0.131 e. The summed E-state index contributed by atoms with van der Waals surface area (Å²) in [5, 5.41) is 12.7. The monoisotopic (exact) mass is 301 g/mol. The van der Waals surface area contributed by atoms with Crippen LogP contribution in [0.5, 0.6) is 0 Å². The molecule has 0 saturated carbocycles. The van der Waals surface area contributed by atoms with Crippen LogP contribution in [0.2, 0.25) is 0 Å². The topological polar surface area (TPSA) is 41.5 Å². The van der Waals surface area contributed by atoms with Gasteiger partial charge in [0.25, 0.3) is 0 Å². The summed E-state index contributed by atoms with van der Waals surface area (Å²) in [5.74, 6) is 0.00525. The molecule has 0 radical (unpaired) electrons. The molecule has 1 aliphatic rings. The van der Waals surface area contributed by atoms with Gasteiger partial charge in [0.2, 0.25) is 0 Å². The molecule has 22 heavy (non-hydrogen) atoms. The van der Waals surface area contributed by atoms with Gasteiger partial charge in [-0.05, 0) is 17.2 Å². The van der Waals surface area contributed by atoms with Crippen molar-refractivity contribution >= 4 is 0 Å². The molecule has 0 aliphatic carbocycles. The number of halogens is 1. The highest BCUT2D eigenvalue weighted by Crippen LogP contribution is 2.33. The molecule has 3 rings (SSSR count). The number of ether oxygens (including phenoxy) is 1. The second-order valence-electron chi connectivity index (χ2n) is 5.65. The van der Waals surface area contributed by atoms with Gasteiger partial charge in [-0.3, -0.25) is 0 Å². The van der Waals surface area contributed by atoms with Crippen molar-refractivity contribution in [1.82, 2.24) is 5.32 Å². The lowest BCUT2D eigenvalue weighted by atomic mass is 9.78. The second-order valence-corrected chi connectivity index (χ2v) is 5.65. The number of hydrogen-bond donors (Lipinski definition) is 2. The maximum atomic E-state index is 13.8. The summed E-state index contributed by atoms with van der Waals surface area (Å²) in [6.45, 7) is 0.705. The van der Waals surface area contributed by atoms with Crippen molar-refractivity contribution in [2.24, 2.45) is 0 Å². The lowest BCUT2D eigenvalue weighted by Gasteiger charge is -2.45. The van der Waals surface area contributed by atoms with Crippen LogP contribution in [0, 0.1) is 5.82 Å². The minimum absolute atomic E-state index is 0.0551. The maximum Gasteiger partial charge on any atom is 0.131 e. The van der Waals surface area contributed by atoms with Crippen LogP contribution >= 0.6 is 0 Å². The third kappa shape index (κ3) is 2.77. The number of methoxy groups -OCH3 is 1. The summed E-state index contributed by atoms with van der Waals surface area (Å²) < 4.78 is 19.0. The molecule has 116 valence electrons. The Morgan fingerprint density at radius 1 is 1.09 bits per heavy atom. The van der Waals surface area contributed by atoms with Crippen molar-refractivity contribution in [2.75, 3.05) is 20.3 Å². The molecule has 3 atom stereocenters. The van der Waals surface area contributed by atoms with E-state index in [2.05, 4.69) is 5.32 Å². The Hall–Kier alpha value is -1.75. The molecule has 2 N–H and O–H groups in total. The first-order valence-corrected chi connectivity index (χ1v) is 7.45. The number of hydrogen-bond acceptors (Lipinski definition) is 3. The molecule has 1 saturated heterocycles. The van der Waals surface area contributed by atoms with E-state index in [-0.39, 0.29) is 30.4 Å². The Kier molecular flexibility index (Phi) is 4.52. The normalized spacial score (nSPS) is 24.0. The van der Waals surface area contributed by atoms with E-state index >= 15 is 0 Å².